The lowest BCUT2D eigenvalue weighted by Gasteiger charge is -2.27. The number of amides is 3. The summed E-state index contributed by atoms with van der Waals surface area (Å²) in [5.74, 6) is -0.434. The van der Waals surface area contributed by atoms with Crippen LogP contribution < -0.4 is 15.0 Å². The predicted molar refractivity (Wildman–Crippen MR) is 58.5 cm³/mol. The molecule has 1 aromatic rings. The summed E-state index contributed by atoms with van der Waals surface area (Å²) in [7, 11) is 1.46. The van der Waals surface area contributed by atoms with Crippen LogP contribution in [0.1, 0.15) is 6.42 Å². The molecule has 0 unspecified atom stereocenters. The SMILES string of the molecule is COc1ccc(F)c(N2CCC(=O)NC2=O)c1. The van der Waals surface area contributed by atoms with Crippen LogP contribution >= 0.6 is 0 Å². The second-order valence-corrected chi connectivity index (χ2v) is 3.57. The summed E-state index contributed by atoms with van der Waals surface area (Å²) >= 11 is 0. The number of urea groups is 1. The smallest absolute Gasteiger partial charge is 0.328 e. The van der Waals surface area contributed by atoms with Crippen LogP contribution in [0.2, 0.25) is 0 Å². The molecule has 1 aliphatic heterocycles. The van der Waals surface area contributed by atoms with Crippen molar-refractivity contribution in [3.05, 3.63) is 24.0 Å². The molecule has 0 aromatic heterocycles. The van der Waals surface area contributed by atoms with Crippen molar-refractivity contribution >= 4 is 17.6 Å². The summed E-state index contributed by atoms with van der Waals surface area (Å²) in [5, 5.41) is 2.13. The Morgan fingerprint density at radius 2 is 2.18 bits per heavy atom. The van der Waals surface area contributed by atoms with E-state index in [1.165, 1.54) is 30.2 Å². The van der Waals surface area contributed by atoms with Crippen LogP contribution in [0.5, 0.6) is 5.75 Å². The molecule has 0 aliphatic carbocycles. The Bertz CT molecular complexity index is 476. The quantitative estimate of drug-likeness (QED) is 0.844. The average Bonchev–Trinajstić information content (AvgIpc) is 2.30. The van der Waals surface area contributed by atoms with Crippen molar-refractivity contribution in [2.75, 3.05) is 18.6 Å². The molecule has 90 valence electrons. The van der Waals surface area contributed by atoms with Gasteiger partial charge in [0, 0.05) is 19.0 Å². The van der Waals surface area contributed by atoms with Crippen LogP contribution in [0.15, 0.2) is 18.2 Å². The minimum Gasteiger partial charge on any atom is -0.497 e. The molecule has 5 nitrogen and oxygen atoms in total. The van der Waals surface area contributed by atoms with Crippen molar-refractivity contribution < 1.29 is 18.7 Å². The summed E-state index contributed by atoms with van der Waals surface area (Å²) in [6.45, 7) is 0.161. The zero-order valence-corrected chi connectivity index (χ0v) is 9.20. The number of imide groups is 1. The molecule has 6 heteroatoms. The van der Waals surface area contributed by atoms with Gasteiger partial charge in [-0.3, -0.25) is 15.0 Å². The molecule has 1 aliphatic rings. The van der Waals surface area contributed by atoms with Crippen LogP contribution in [-0.2, 0) is 4.79 Å². The summed E-state index contributed by atoms with van der Waals surface area (Å²) in [6.07, 6.45) is 0.155. The zero-order chi connectivity index (χ0) is 12.4. The van der Waals surface area contributed by atoms with Gasteiger partial charge in [0.2, 0.25) is 5.91 Å². The summed E-state index contributed by atoms with van der Waals surface area (Å²) in [4.78, 5) is 23.7. The Hall–Kier alpha value is -2.11. The largest absolute Gasteiger partial charge is 0.497 e. The van der Waals surface area contributed by atoms with E-state index in [9.17, 15) is 14.0 Å². The second kappa shape index (κ2) is 4.40. The third kappa shape index (κ3) is 2.20. The van der Waals surface area contributed by atoms with E-state index in [0.717, 1.165) is 0 Å². The number of anilines is 1. The molecule has 0 bridgehead atoms. The third-order valence-electron chi connectivity index (χ3n) is 2.50. The van der Waals surface area contributed by atoms with Crippen LogP contribution in [0, 0.1) is 5.82 Å². The predicted octanol–water partition coefficient (Wildman–Crippen LogP) is 1.28. The first kappa shape index (κ1) is 11.4. The fraction of sp³-hybridized carbons (Fsp3) is 0.273. The molecule has 2 rings (SSSR count). The van der Waals surface area contributed by atoms with Gasteiger partial charge in [0.25, 0.3) is 0 Å². The molecule has 1 heterocycles. The van der Waals surface area contributed by atoms with Crippen LogP contribution in [0.25, 0.3) is 0 Å². The van der Waals surface area contributed by atoms with Gasteiger partial charge < -0.3 is 4.74 Å². The highest BCUT2D eigenvalue weighted by Crippen LogP contribution is 2.26. The fourth-order valence-electron chi connectivity index (χ4n) is 1.62. The third-order valence-corrected chi connectivity index (χ3v) is 2.50. The number of methoxy groups -OCH3 is 1. The Morgan fingerprint density at radius 3 is 2.82 bits per heavy atom. The number of halogens is 1. The Balaban J connectivity index is 2.33. The maximum Gasteiger partial charge on any atom is 0.328 e. The summed E-state index contributed by atoms with van der Waals surface area (Å²) in [6, 6.07) is 3.49. The Kier molecular flexibility index (Phi) is 2.95. The van der Waals surface area contributed by atoms with E-state index in [1.54, 1.807) is 0 Å². The molecule has 0 atom stereocenters. The molecular weight excluding hydrogens is 227 g/mol. The summed E-state index contributed by atoms with van der Waals surface area (Å²) in [5.41, 5.74) is 0.106. The number of ether oxygens (including phenoxy) is 1. The molecule has 3 amide bonds. The van der Waals surface area contributed by atoms with E-state index >= 15 is 0 Å². The van der Waals surface area contributed by atoms with Gasteiger partial charge in [-0.2, -0.15) is 0 Å². The van der Waals surface area contributed by atoms with Crippen LogP contribution in [0.4, 0.5) is 14.9 Å². The molecular formula is C11H11FN2O3. The minimum absolute atomic E-state index is 0.106. The molecule has 17 heavy (non-hydrogen) atoms. The number of carbonyl (C=O) groups excluding carboxylic acids is 2. The van der Waals surface area contributed by atoms with Gasteiger partial charge in [-0.15, -0.1) is 0 Å². The topological polar surface area (TPSA) is 58.6 Å². The van der Waals surface area contributed by atoms with E-state index in [4.69, 9.17) is 4.74 Å². The molecule has 0 radical (unpaired) electrons. The lowest BCUT2D eigenvalue weighted by molar-refractivity contribution is -0.120. The first-order valence-corrected chi connectivity index (χ1v) is 5.06. The Labute approximate surface area is 97.2 Å². The summed E-state index contributed by atoms with van der Waals surface area (Å²) < 4.78 is 18.6. The van der Waals surface area contributed by atoms with Gasteiger partial charge >= 0.3 is 6.03 Å². The maximum absolute atomic E-state index is 13.6. The van der Waals surface area contributed by atoms with Gasteiger partial charge in [0.1, 0.15) is 11.6 Å². The normalized spacial score (nSPS) is 15.8. The number of hydrogen-bond donors (Lipinski definition) is 1. The minimum atomic E-state index is -0.617. The zero-order valence-electron chi connectivity index (χ0n) is 9.20. The van der Waals surface area contributed by atoms with E-state index < -0.39 is 11.8 Å². The monoisotopic (exact) mass is 238 g/mol. The van der Waals surface area contributed by atoms with Crippen molar-refractivity contribution in [3.63, 3.8) is 0 Å². The highest BCUT2D eigenvalue weighted by Gasteiger charge is 2.26. The molecule has 1 aromatic carbocycles. The van der Waals surface area contributed by atoms with Gasteiger partial charge in [-0.05, 0) is 12.1 Å². The van der Waals surface area contributed by atoms with E-state index in [2.05, 4.69) is 5.32 Å². The van der Waals surface area contributed by atoms with Gasteiger partial charge in [0.15, 0.2) is 0 Å². The second-order valence-electron chi connectivity index (χ2n) is 3.57. The molecule has 0 spiro atoms. The van der Waals surface area contributed by atoms with Crippen molar-refractivity contribution in [2.45, 2.75) is 6.42 Å². The van der Waals surface area contributed by atoms with Crippen molar-refractivity contribution in [3.8, 4) is 5.75 Å². The fourth-order valence-corrected chi connectivity index (χ4v) is 1.62. The number of hydrogen-bond acceptors (Lipinski definition) is 3. The lowest BCUT2D eigenvalue weighted by atomic mass is 10.2. The van der Waals surface area contributed by atoms with Crippen molar-refractivity contribution in [1.82, 2.24) is 5.32 Å². The number of benzene rings is 1. The van der Waals surface area contributed by atoms with Crippen LogP contribution in [-0.4, -0.2) is 25.6 Å². The number of rotatable bonds is 2. The van der Waals surface area contributed by atoms with E-state index in [0.29, 0.717) is 5.75 Å². The van der Waals surface area contributed by atoms with Crippen molar-refractivity contribution in [1.29, 1.82) is 0 Å². The molecule has 1 fully saturated rings. The lowest BCUT2D eigenvalue weighted by Crippen LogP contribution is -2.49. The number of nitrogens with one attached hydrogen (secondary N) is 1. The highest BCUT2D eigenvalue weighted by atomic mass is 19.1. The van der Waals surface area contributed by atoms with Crippen molar-refractivity contribution in [2.24, 2.45) is 0 Å². The highest BCUT2D eigenvalue weighted by molar-refractivity contribution is 6.05. The average molecular weight is 238 g/mol. The maximum atomic E-state index is 13.6. The number of carbonyl (C=O) groups is 2. The van der Waals surface area contributed by atoms with Gasteiger partial charge in [-0.25, -0.2) is 9.18 Å². The number of nitrogens with zero attached hydrogens (tertiary/aromatic N) is 1. The standard InChI is InChI=1S/C11H11FN2O3/c1-17-7-2-3-8(12)9(6-7)14-5-4-10(15)13-11(14)16/h2-3,6H,4-5H2,1H3,(H,13,15,16). The van der Waals surface area contributed by atoms with E-state index in [1.807, 2.05) is 0 Å². The van der Waals surface area contributed by atoms with Gasteiger partial charge in [-0.1, -0.05) is 0 Å². The first-order valence-electron chi connectivity index (χ1n) is 5.06. The molecule has 1 N–H and O–H groups in total. The Morgan fingerprint density at radius 1 is 1.41 bits per heavy atom. The first-order chi connectivity index (χ1) is 8.11. The van der Waals surface area contributed by atoms with E-state index in [-0.39, 0.29) is 24.6 Å². The van der Waals surface area contributed by atoms with Crippen LogP contribution in [0.3, 0.4) is 0 Å². The molecule has 1 saturated heterocycles. The molecule has 0 saturated carbocycles. The van der Waals surface area contributed by atoms with Gasteiger partial charge in [0.05, 0.1) is 12.8 Å².